The van der Waals surface area contributed by atoms with Crippen LogP contribution >= 0.6 is 0 Å². The smallest absolute Gasteiger partial charge is 0.223 e. The maximum absolute atomic E-state index is 12.3. The predicted molar refractivity (Wildman–Crippen MR) is 76.8 cm³/mol. The Morgan fingerprint density at radius 1 is 1.32 bits per heavy atom. The van der Waals surface area contributed by atoms with Crippen LogP contribution in [0.2, 0.25) is 0 Å². The van der Waals surface area contributed by atoms with Crippen molar-refractivity contribution < 1.29 is 4.79 Å². The SMILES string of the molecule is CN1CCN(C(=O)CCc2ccccc2)C(CN)C1. The number of piperazine rings is 1. The van der Waals surface area contributed by atoms with Gasteiger partial charge in [-0.2, -0.15) is 0 Å². The van der Waals surface area contributed by atoms with Crippen molar-refractivity contribution in [2.45, 2.75) is 18.9 Å². The molecule has 1 aliphatic heterocycles. The largest absolute Gasteiger partial charge is 0.336 e. The monoisotopic (exact) mass is 261 g/mol. The number of carbonyl (C=O) groups excluding carboxylic acids is 1. The second-order valence-corrected chi connectivity index (χ2v) is 5.22. The number of amides is 1. The average molecular weight is 261 g/mol. The summed E-state index contributed by atoms with van der Waals surface area (Å²) < 4.78 is 0. The van der Waals surface area contributed by atoms with Gasteiger partial charge in [-0.3, -0.25) is 4.79 Å². The minimum absolute atomic E-state index is 0.169. The number of aryl methyl sites for hydroxylation is 1. The maximum atomic E-state index is 12.3. The second kappa shape index (κ2) is 6.68. The lowest BCUT2D eigenvalue weighted by molar-refractivity contribution is -0.135. The van der Waals surface area contributed by atoms with Crippen molar-refractivity contribution in [3.63, 3.8) is 0 Å². The molecule has 1 unspecified atom stereocenters. The number of likely N-dealkylation sites (N-methyl/N-ethyl adjacent to an activating group) is 1. The molecule has 2 rings (SSSR count). The molecular weight excluding hydrogens is 238 g/mol. The standard InChI is InChI=1S/C15H23N3O/c1-17-9-10-18(14(11-16)12-17)15(19)8-7-13-5-3-2-4-6-13/h2-6,14H,7-12,16H2,1H3. The highest BCUT2D eigenvalue weighted by Crippen LogP contribution is 2.11. The third kappa shape index (κ3) is 3.78. The van der Waals surface area contributed by atoms with E-state index in [1.165, 1.54) is 5.56 Å². The van der Waals surface area contributed by atoms with E-state index in [2.05, 4.69) is 24.1 Å². The van der Waals surface area contributed by atoms with Crippen LogP contribution in [0, 0.1) is 0 Å². The Kier molecular flexibility index (Phi) is 4.93. The molecule has 0 spiro atoms. The molecular formula is C15H23N3O. The zero-order valence-electron chi connectivity index (χ0n) is 11.6. The Morgan fingerprint density at radius 3 is 2.74 bits per heavy atom. The maximum Gasteiger partial charge on any atom is 0.223 e. The molecule has 1 atom stereocenters. The predicted octanol–water partition coefficient (Wildman–Crippen LogP) is 0.721. The van der Waals surface area contributed by atoms with Gasteiger partial charge in [-0.25, -0.2) is 0 Å². The Morgan fingerprint density at radius 2 is 2.05 bits per heavy atom. The number of rotatable bonds is 4. The van der Waals surface area contributed by atoms with Crippen LogP contribution in [0.15, 0.2) is 30.3 Å². The quantitative estimate of drug-likeness (QED) is 0.869. The van der Waals surface area contributed by atoms with Gasteiger partial charge in [0.05, 0.1) is 6.04 Å². The third-order valence-corrected chi connectivity index (χ3v) is 3.75. The first kappa shape index (κ1) is 14.0. The van der Waals surface area contributed by atoms with Gasteiger partial charge in [0.15, 0.2) is 0 Å². The highest BCUT2D eigenvalue weighted by atomic mass is 16.2. The van der Waals surface area contributed by atoms with Crippen molar-refractivity contribution in [3.05, 3.63) is 35.9 Å². The van der Waals surface area contributed by atoms with E-state index in [1.54, 1.807) is 0 Å². The summed E-state index contributed by atoms with van der Waals surface area (Å²) in [5, 5.41) is 0. The van der Waals surface area contributed by atoms with Crippen LogP contribution in [0.3, 0.4) is 0 Å². The van der Waals surface area contributed by atoms with Crippen molar-refractivity contribution in [2.24, 2.45) is 5.73 Å². The first-order valence-electron chi connectivity index (χ1n) is 6.92. The molecule has 1 aliphatic rings. The molecule has 4 nitrogen and oxygen atoms in total. The normalized spacial score (nSPS) is 20.5. The van der Waals surface area contributed by atoms with E-state index in [1.807, 2.05) is 23.1 Å². The van der Waals surface area contributed by atoms with Gasteiger partial charge in [0.2, 0.25) is 5.91 Å². The summed E-state index contributed by atoms with van der Waals surface area (Å²) in [6.45, 7) is 3.16. The Bertz CT molecular complexity index is 407. The minimum Gasteiger partial charge on any atom is -0.336 e. The van der Waals surface area contributed by atoms with Gasteiger partial charge in [-0.1, -0.05) is 30.3 Å². The number of carbonyl (C=O) groups is 1. The van der Waals surface area contributed by atoms with Crippen LogP contribution in [-0.2, 0) is 11.2 Å². The summed E-state index contributed by atoms with van der Waals surface area (Å²) in [5.74, 6) is 0.229. The lowest BCUT2D eigenvalue weighted by Gasteiger charge is -2.39. The molecule has 2 N–H and O–H groups in total. The van der Waals surface area contributed by atoms with Crippen molar-refractivity contribution >= 4 is 5.91 Å². The summed E-state index contributed by atoms with van der Waals surface area (Å²) >= 11 is 0. The summed E-state index contributed by atoms with van der Waals surface area (Å²) in [5.41, 5.74) is 7.00. The molecule has 19 heavy (non-hydrogen) atoms. The average Bonchev–Trinajstić information content (AvgIpc) is 2.45. The molecule has 1 aromatic carbocycles. The lowest BCUT2D eigenvalue weighted by Crippen LogP contribution is -2.56. The van der Waals surface area contributed by atoms with E-state index < -0.39 is 0 Å². The number of hydrogen-bond acceptors (Lipinski definition) is 3. The van der Waals surface area contributed by atoms with Gasteiger partial charge in [-0.05, 0) is 19.0 Å². The summed E-state index contributed by atoms with van der Waals surface area (Å²) in [4.78, 5) is 16.5. The van der Waals surface area contributed by atoms with Crippen LogP contribution in [0.25, 0.3) is 0 Å². The van der Waals surface area contributed by atoms with E-state index in [9.17, 15) is 4.79 Å². The number of nitrogens with zero attached hydrogens (tertiary/aromatic N) is 2. The highest BCUT2D eigenvalue weighted by molar-refractivity contribution is 5.77. The van der Waals surface area contributed by atoms with Gasteiger partial charge in [0.1, 0.15) is 0 Å². The highest BCUT2D eigenvalue weighted by Gasteiger charge is 2.27. The lowest BCUT2D eigenvalue weighted by atomic mass is 10.1. The van der Waals surface area contributed by atoms with Crippen molar-refractivity contribution in [1.82, 2.24) is 9.80 Å². The van der Waals surface area contributed by atoms with Crippen LogP contribution in [0.1, 0.15) is 12.0 Å². The summed E-state index contributed by atoms with van der Waals surface area (Å²) in [6.07, 6.45) is 1.38. The number of nitrogens with two attached hydrogens (primary N) is 1. The Labute approximate surface area is 115 Å². The molecule has 0 radical (unpaired) electrons. The van der Waals surface area contributed by atoms with Crippen molar-refractivity contribution in [3.8, 4) is 0 Å². The van der Waals surface area contributed by atoms with Crippen LogP contribution in [-0.4, -0.2) is 55.0 Å². The van der Waals surface area contributed by atoms with Crippen molar-refractivity contribution in [2.75, 3.05) is 33.2 Å². The molecule has 0 bridgehead atoms. The fourth-order valence-corrected chi connectivity index (χ4v) is 2.58. The van der Waals surface area contributed by atoms with E-state index in [0.717, 1.165) is 26.1 Å². The summed E-state index contributed by atoms with van der Waals surface area (Å²) in [7, 11) is 2.08. The van der Waals surface area contributed by atoms with Crippen LogP contribution in [0.5, 0.6) is 0 Å². The third-order valence-electron chi connectivity index (χ3n) is 3.75. The molecule has 0 aliphatic carbocycles. The molecule has 1 fully saturated rings. The zero-order valence-corrected chi connectivity index (χ0v) is 11.6. The zero-order chi connectivity index (χ0) is 13.7. The summed E-state index contributed by atoms with van der Waals surface area (Å²) in [6, 6.07) is 10.3. The Balaban J connectivity index is 1.88. The molecule has 104 valence electrons. The molecule has 1 aromatic rings. The molecule has 0 aromatic heterocycles. The number of hydrogen-bond donors (Lipinski definition) is 1. The molecule has 0 saturated carbocycles. The van der Waals surface area contributed by atoms with Gasteiger partial charge in [-0.15, -0.1) is 0 Å². The number of benzene rings is 1. The molecule has 1 heterocycles. The topological polar surface area (TPSA) is 49.6 Å². The second-order valence-electron chi connectivity index (χ2n) is 5.22. The van der Waals surface area contributed by atoms with E-state index in [4.69, 9.17) is 5.73 Å². The molecule has 1 saturated heterocycles. The van der Waals surface area contributed by atoms with E-state index in [-0.39, 0.29) is 11.9 Å². The van der Waals surface area contributed by atoms with Gasteiger partial charge < -0.3 is 15.5 Å². The fourth-order valence-electron chi connectivity index (χ4n) is 2.58. The van der Waals surface area contributed by atoms with Gasteiger partial charge >= 0.3 is 0 Å². The Hall–Kier alpha value is -1.39. The van der Waals surface area contributed by atoms with E-state index >= 15 is 0 Å². The first-order chi connectivity index (χ1) is 9.20. The first-order valence-corrected chi connectivity index (χ1v) is 6.92. The molecule has 4 heteroatoms. The molecule has 1 amide bonds. The van der Waals surface area contributed by atoms with Crippen LogP contribution < -0.4 is 5.73 Å². The minimum atomic E-state index is 0.169. The van der Waals surface area contributed by atoms with Crippen LogP contribution in [0.4, 0.5) is 0 Å². The fraction of sp³-hybridized carbons (Fsp3) is 0.533. The van der Waals surface area contributed by atoms with Crippen molar-refractivity contribution in [1.29, 1.82) is 0 Å². The van der Waals surface area contributed by atoms with Gasteiger partial charge in [0.25, 0.3) is 0 Å². The van der Waals surface area contributed by atoms with Gasteiger partial charge in [0, 0.05) is 32.6 Å². The van der Waals surface area contributed by atoms with E-state index in [0.29, 0.717) is 13.0 Å².